The summed E-state index contributed by atoms with van der Waals surface area (Å²) in [6.45, 7) is 6.54. The molecule has 4 rings (SSSR count). The molecule has 1 saturated heterocycles. The summed E-state index contributed by atoms with van der Waals surface area (Å²) in [5.74, 6) is -0.964. The van der Waals surface area contributed by atoms with Crippen LogP contribution in [0.25, 0.3) is 0 Å². The molecule has 2 N–H and O–H groups in total. The van der Waals surface area contributed by atoms with Crippen LogP contribution in [-0.2, 0) is 22.6 Å². The summed E-state index contributed by atoms with van der Waals surface area (Å²) < 4.78 is 6.79. The van der Waals surface area contributed by atoms with Gasteiger partial charge in [-0.1, -0.05) is 30.3 Å². The highest BCUT2D eigenvalue weighted by molar-refractivity contribution is 6.01. The molecule has 10 nitrogen and oxygen atoms in total. The van der Waals surface area contributed by atoms with Crippen molar-refractivity contribution in [1.29, 1.82) is 0 Å². The Balaban J connectivity index is 1.40. The Morgan fingerprint density at radius 2 is 1.88 bits per heavy atom. The Hall–Kier alpha value is -3.24. The Kier molecular flexibility index (Phi) is 6.75. The van der Waals surface area contributed by atoms with Crippen LogP contribution in [0.3, 0.4) is 0 Å². The molecule has 33 heavy (non-hydrogen) atoms. The number of carbonyl (C=O) groups is 3. The maximum atomic E-state index is 13.1. The number of nitrogens with zero attached hydrogens (tertiary/aromatic N) is 4. The fraction of sp³-hybridized carbons (Fsp3) is 0.478. The zero-order chi connectivity index (χ0) is 23.4. The maximum Gasteiger partial charge on any atom is 0.272 e. The van der Waals surface area contributed by atoms with Gasteiger partial charge in [0, 0.05) is 45.8 Å². The van der Waals surface area contributed by atoms with Crippen LogP contribution in [0, 0.1) is 0 Å². The second kappa shape index (κ2) is 9.72. The average Bonchev–Trinajstić information content (AvgIpc) is 3.26. The Morgan fingerprint density at radius 3 is 2.61 bits per heavy atom. The number of nitrogens with one attached hydrogen (secondary N) is 2. The first-order valence-corrected chi connectivity index (χ1v) is 11.1. The molecule has 0 aliphatic carbocycles. The Labute approximate surface area is 192 Å². The Bertz CT molecular complexity index is 1020. The molecule has 1 aromatic heterocycles. The van der Waals surface area contributed by atoms with Crippen LogP contribution in [0.1, 0.15) is 33.5 Å². The minimum absolute atomic E-state index is 0.159. The van der Waals surface area contributed by atoms with Gasteiger partial charge in [0.15, 0.2) is 5.69 Å². The van der Waals surface area contributed by atoms with Crippen LogP contribution in [-0.4, -0.2) is 89.3 Å². The topological polar surface area (TPSA) is 109 Å². The van der Waals surface area contributed by atoms with Crippen molar-refractivity contribution in [3.05, 3.63) is 53.3 Å². The molecule has 1 aromatic carbocycles. The molecule has 0 bridgehead atoms. The number of carbonyl (C=O) groups excluding carboxylic acids is 3. The third-order valence-corrected chi connectivity index (χ3v) is 6.34. The van der Waals surface area contributed by atoms with E-state index in [1.54, 1.807) is 14.0 Å². The minimum atomic E-state index is -1.13. The second-order valence-electron chi connectivity index (χ2n) is 8.59. The van der Waals surface area contributed by atoms with E-state index >= 15 is 0 Å². The van der Waals surface area contributed by atoms with E-state index in [0.29, 0.717) is 32.0 Å². The van der Waals surface area contributed by atoms with Gasteiger partial charge in [0.25, 0.3) is 11.8 Å². The molecule has 2 aliphatic heterocycles. The van der Waals surface area contributed by atoms with Gasteiger partial charge in [0.1, 0.15) is 11.2 Å². The molecular weight excluding hydrogens is 424 g/mol. The lowest BCUT2D eigenvalue weighted by molar-refractivity contribution is -0.132. The van der Waals surface area contributed by atoms with Crippen LogP contribution < -0.4 is 10.6 Å². The lowest BCUT2D eigenvalue weighted by Crippen LogP contribution is -2.62. The summed E-state index contributed by atoms with van der Waals surface area (Å²) in [4.78, 5) is 42.3. The fourth-order valence-corrected chi connectivity index (χ4v) is 4.05. The number of aromatic nitrogens is 2. The summed E-state index contributed by atoms with van der Waals surface area (Å²) in [7, 11) is 1.60. The van der Waals surface area contributed by atoms with Gasteiger partial charge < -0.3 is 20.3 Å². The van der Waals surface area contributed by atoms with Gasteiger partial charge in [-0.3, -0.25) is 24.0 Å². The lowest BCUT2D eigenvalue weighted by atomic mass is 9.96. The van der Waals surface area contributed by atoms with Crippen molar-refractivity contribution in [1.82, 2.24) is 30.2 Å². The van der Waals surface area contributed by atoms with Gasteiger partial charge in [0.05, 0.1) is 19.8 Å². The highest BCUT2D eigenvalue weighted by Gasteiger charge is 2.46. The maximum absolute atomic E-state index is 13.1. The molecule has 176 valence electrons. The predicted octanol–water partition coefficient (Wildman–Crippen LogP) is 0.106. The van der Waals surface area contributed by atoms with Gasteiger partial charge in [-0.15, -0.1) is 0 Å². The summed E-state index contributed by atoms with van der Waals surface area (Å²) in [6, 6.07) is 11.1. The van der Waals surface area contributed by atoms with Crippen molar-refractivity contribution in [3.8, 4) is 0 Å². The molecule has 0 spiro atoms. The first-order valence-electron chi connectivity index (χ1n) is 11.1. The van der Waals surface area contributed by atoms with Crippen molar-refractivity contribution >= 4 is 17.7 Å². The number of likely N-dealkylation sites (N-methyl/N-ethyl adjacent to an activating group) is 1. The molecular formula is C23H30N6O4. The van der Waals surface area contributed by atoms with Crippen LogP contribution >= 0.6 is 0 Å². The SMILES string of the molecule is CN1C(=O)c2cc(C(=O)NCCN3CCOCC3)nn2C[C@]1(C)C(=O)NCc1ccccc1. The van der Waals surface area contributed by atoms with Crippen molar-refractivity contribution < 1.29 is 19.1 Å². The number of fused-ring (bicyclic) bond motifs is 1. The van der Waals surface area contributed by atoms with Crippen LogP contribution in [0.4, 0.5) is 0 Å². The van der Waals surface area contributed by atoms with Crippen LogP contribution in [0.5, 0.6) is 0 Å². The summed E-state index contributed by atoms with van der Waals surface area (Å²) in [6.07, 6.45) is 0. The van der Waals surface area contributed by atoms with E-state index in [4.69, 9.17) is 4.74 Å². The smallest absolute Gasteiger partial charge is 0.272 e. The number of hydrogen-bond donors (Lipinski definition) is 2. The van der Waals surface area contributed by atoms with Gasteiger partial charge in [-0.25, -0.2) is 0 Å². The molecule has 1 atom stereocenters. The zero-order valence-electron chi connectivity index (χ0n) is 19.0. The summed E-state index contributed by atoms with van der Waals surface area (Å²) in [5, 5.41) is 10.1. The van der Waals surface area contributed by atoms with Crippen LogP contribution in [0.15, 0.2) is 36.4 Å². The number of rotatable bonds is 7. The molecule has 1 fully saturated rings. The van der Waals surface area contributed by atoms with Gasteiger partial charge in [-0.05, 0) is 12.5 Å². The van der Waals surface area contributed by atoms with Crippen molar-refractivity contribution in [3.63, 3.8) is 0 Å². The predicted molar refractivity (Wildman–Crippen MR) is 121 cm³/mol. The number of amides is 3. The molecule has 0 unspecified atom stereocenters. The molecule has 3 amide bonds. The average molecular weight is 455 g/mol. The van der Waals surface area contributed by atoms with E-state index in [1.807, 2.05) is 30.3 Å². The quantitative estimate of drug-likeness (QED) is 0.615. The highest BCUT2D eigenvalue weighted by atomic mass is 16.5. The standard InChI is InChI=1S/C23H30N6O4/c1-23(22(32)25-15-17-6-4-3-5-7-17)16-29-19(21(31)27(23)2)14-18(26-29)20(30)24-8-9-28-10-12-33-13-11-28/h3-7,14H,8-13,15-16H2,1-2H3,(H,24,30)(H,25,32)/t23-/m1/s1. The van der Waals surface area contributed by atoms with E-state index in [-0.39, 0.29) is 30.0 Å². The molecule has 3 heterocycles. The monoisotopic (exact) mass is 454 g/mol. The third-order valence-electron chi connectivity index (χ3n) is 6.34. The van der Waals surface area contributed by atoms with Crippen molar-refractivity contribution in [2.45, 2.75) is 25.6 Å². The van der Waals surface area contributed by atoms with Crippen LogP contribution in [0.2, 0.25) is 0 Å². The third kappa shape index (κ3) is 4.91. The van der Waals surface area contributed by atoms with E-state index in [9.17, 15) is 14.4 Å². The summed E-state index contributed by atoms with van der Waals surface area (Å²) >= 11 is 0. The van der Waals surface area contributed by atoms with Gasteiger partial charge in [0.2, 0.25) is 5.91 Å². The largest absolute Gasteiger partial charge is 0.379 e. The normalized spacial score (nSPS) is 20.9. The number of hydrogen-bond acceptors (Lipinski definition) is 6. The minimum Gasteiger partial charge on any atom is -0.379 e. The van der Waals surface area contributed by atoms with Crippen molar-refractivity contribution in [2.75, 3.05) is 46.4 Å². The highest BCUT2D eigenvalue weighted by Crippen LogP contribution is 2.26. The Morgan fingerprint density at radius 1 is 1.15 bits per heavy atom. The van der Waals surface area contributed by atoms with E-state index < -0.39 is 5.54 Å². The summed E-state index contributed by atoms with van der Waals surface area (Å²) in [5.41, 5.74) is 0.302. The van der Waals surface area contributed by atoms with Crippen molar-refractivity contribution in [2.24, 2.45) is 0 Å². The van der Waals surface area contributed by atoms with E-state index in [1.165, 1.54) is 15.6 Å². The lowest BCUT2D eigenvalue weighted by Gasteiger charge is -2.40. The van der Waals surface area contributed by atoms with E-state index in [0.717, 1.165) is 25.2 Å². The first kappa shape index (κ1) is 22.9. The van der Waals surface area contributed by atoms with Gasteiger partial charge >= 0.3 is 0 Å². The number of benzene rings is 1. The number of morpholine rings is 1. The van der Waals surface area contributed by atoms with Gasteiger partial charge in [-0.2, -0.15) is 5.10 Å². The molecule has 10 heteroatoms. The second-order valence-corrected chi connectivity index (χ2v) is 8.59. The molecule has 0 saturated carbocycles. The fourth-order valence-electron chi connectivity index (χ4n) is 4.05. The number of ether oxygens (including phenoxy) is 1. The van der Waals surface area contributed by atoms with E-state index in [2.05, 4.69) is 20.6 Å². The molecule has 2 aliphatic rings. The first-order chi connectivity index (χ1) is 15.9. The molecule has 2 aromatic rings. The molecule has 0 radical (unpaired) electrons. The zero-order valence-corrected chi connectivity index (χ0v) is 19.0.